The fourth-order valence-corrected chi connectivity index (χ4v) is 2.03. The van der Waals surface area contributed by atoms with E-state index >= 15 is 0 Å². The van der Waals surface area contributed by atoms with Gasteiger partial charge in [0.2, 0.25) is 5.89 Å². The number of nitrogens with zero attached hydrogens (tertiary/aromatic N) is 3. The van der Waals surface area contributed by atoms with Crippen LogP contribution in [0.1, 0.15) is 25.6 Å². The first-order chi connectivity index (χ1) is 8.67. The number of ether oxygens (including phenoxy) is 1. The zero-order valence-electron chi connectivity index (χ0n) is 11.0. The second kappa shape index (κ2) is 6.26. The van der Waals surface area contributed by atoms with Crippen LogP contribution in [-0.2, 0) is 17.7 Å². The largest absolute Gasteiger partial charge is 0.394 e. The molecule has 0 saturated carbocycles. The molecule has 0 aliphatic carbocycles. The Hall–Kier alpha value is -0.980. The van der Waals surface area contributed by atoms with E-state index in [1.54, 1.807) is 0 Å². The number of aromatic nitrogens is 2. The maximum Gasteiger partial charge on any atom is 0.240 e. The Labute approximate surface area is 107 Å². The molecule has 1 unspecified atom stereocenters. The molecule has 0 radical (unpaired) electrons. The third-order valence-electron chi connectivity index (χ3n) is 2.89. The lowest BCUT2D eigenvalue weighted by atomic mass is 10.1. The van der Waals surface area contributed by atoms with E-state index < -0.39 is 0 Å². The van der Waals surface area contributed by atoms with Gasteiger partial charge in [-0.1, -0.05) is 19.0 Å². The summed E-state index contributed by atoms with van der Waals surface area (Å²) < 4.78 is 10.6. The summed E-state index contributed by atoms with van der Waals surface area (Å²) in [6.45, 7) is 7.12. The lowest BCUT2D eigenvalue weighted by Crippen LogP contribution is -2.43. The van der Waals surface area contributed by atoms with Crippen LogP contribution in [0, 0.1) is 5.92 Å². The van der Waals surface area contributed by atoms with E-state index in [-0.39, 0.29) is 12.7 Å². The zero-order chi connectivity index (χ0) is 13.0. The highest BCUT2D eigenvalue weighted by Crippen LogP contribution is 2.10. The van der Waals surface area contributed by atoms with Crippen molar-refractivity contribution in [2.75, 3.05) is 26.3 Å². The van der Waals surface area contributed by atoms with Crippen molar-refractivity contribution in [3.8, 4) is 0 Å². The molecule has 1 N–H and O–H groups in total. The van der Waals surface area contributed by atoms with Gasteiger partial charge in [0.05, 0.1) is 25.9 Å². The van der Waals surface area contributed by atoms with Gasteiger partial charge < -0.3 is 14.4 Å². The highest BCUT2D eigenvalue weighted by atomic mass is 16.5. The first-order valence-corrected chi connectivity index (χ1v) is 6.43. The number of rotatable bonds is 5. The van der Waals surface area contributed by atoms with Gasteiger partial charge in [0.25, 0.3) is 0 Å². The van der Waals surface area contributed by atoms with E-state index in [0.717, 1.165) is 18.8 Å². The Kier molecular flexibility index (Phi) is 4.68. The van der Waals surface area contributed by atoms with Gasteiger partial charge in [0, 0.05) is 19.5 Å². The average Bonchev–Trinajstić information content (AvgIpc) is 2.76. The number of hydrogen-bond donors (Lipinski definition) is 1. The molecule has 1 aliphatic heterocycles. The molecule has 2 heterocycles. The highest BCUT2D eigenvalue weighted by molar-refractivity contribution is 4.88. The number of aliphatic hydroxyl groups excluding tert-OH is 1. The predicted molar refractivity (Wildman–Crippen MR) is 64.9 cm³/mol. The summed E-state index contributed by atoms with van der Waals surface area (Å²) in [6, 6.07) is 0. The van der Waals surface area contributed by atoms with Crippen LogP contribution in [0.3, 0.4) is 0 Å². The molecular weight excluding hydrogens is 234 g/mol. The van der Waals surface area contributed by atoms with Crippen LogP contribution in [-0.4, -0.2) is 52.6 Å². The quantitative estimate of drug-likeness (QED) is 0.824. The summed E-state index contributed by atoms with van der Waals surface area (Å²) in [5.41, 5.74) is 0. The van der Waals surface area contributed by atoms with Crippen molar-refractivity contribution in [2.45, 2.75) is 32.9 Å². The Balaban J connectivity index is 1.86. The lowest BCUT2D eigenvalue weighted by Gasteiger charge is -2.30. The van der Waals surface area contributed by atoms with Crippen molar-refractivity contribution < 1.29 is 14.4 Å². The minimum Gasteiger partial charge on any atom is -0.394 e. The topological polar surface area (TPSA) is 71.6 Å². The summed E-state index contributed by atoms with van der Waals surface area (Å²) in [5.74, 6) is 1.94. The minimum absolute atomic E-state index is 0.0545. The van der Waals surface area contributed by atoms with Crippen molar-refractivity contribution in [1.82, 2.24) is 15.0 Å². The Bertz CT molecular complexity index is 367. The third kappa shape index (κ3) is 3.76. The van der Waals surface area contributed by atoms with Gasteiger partial charge in [-0.25, -0.2) is 0 Å². The molecule has 0 bridgehead atoms. The van der Waals surface area contributed by atoms with Crippen molar-refractivity contribution in [3.63, 3.8) is 0 Å². The fraction of sp³-hybridized carbons (Fsp3) is 0.833. The maximum absolute atomic E-state index is 9.08. The van der Waals surface area contributed by atoms with Crippen LogP contribution in [0.2, 0.25) is 0 Å². The van der Waals surface area contributed by atoms with E-state index in [1.807, 2.05) is 0 Å². The van der Waals surface area contributed by atoms with Crippen LogP contribution in [0.5, 0.6) is 0 Å². The molecule has 1 saturated heterocycles. The smallest absolute Gasteiger partial charge is 0.240 e. The molecule has 1 aromatic rings. The Morgan fingerprint density at radius 2 is 2.33 bits per heavy atom. The van der Waals surface area contributed by atoms with E-state index in [0.29, 0.717) is 31.5 Å². The van der Waals surface area contributed by atoms with Crippen LogP contribution in [0.4, 0.5) is 0 Å². The first-order valence-electron chi connectivity index (χ1n) is 6.43. The Morgan fingerprint density at radius 1 is 1.50 bits per heavy atom. The minimum atomic E-state index is -0.100. The van der Waals surface area contributed by atoms with Gasteiger partial charge in [-0.2, -0.15) is 4.98 Å². The Morgan fingerprint density at radius 3 is 3.06 bits per heavy atom. The van der Waals surface area contributed by atoms with Crippen LogP contribution in [0.15, 0.2) is 4.52 Å². The molecule has 0 aromatic carbocycles. The highest BCUT2D eigenvalue weighted by Gasteiger charge is 2.21. The van der Waals surface area contributed by atoms with Gasteiger partial charge in [-0.15, -0.1) is 0 Å². The number of aliphatic hydroxyl groups is 1. The second-order valence-corrected chi connectivity index (χ2v) is 5.11. The van der Waals surface area contributed by atoms with Crippen molar-refractivity contribution in [1.29, 1.82) is 0 Å². The van der Waals surface area contributed by atoms with Crippen LogP contribution >= 0.6 is 0 Å². The second-order valence-electron chi connectivity index (χ2n) is 5.11. The average molecular weight is 255 g/mol. The zero-order valence-corrected chi connectivity index (χ0v) is 11.0. The van der Waals surface area contributed by atoms with Crippen molar-refractivity contribution in [2.24, 2.45) is 5.92 Å². The van der Waals surface area contributed by atoms with Gasteiger partial charge in [0.1, 0.15) is 0 Å². The summed E-state index contributed by atoms with van der Waals surface area (Å²) in [6.07, 6.45) is 0.739. The molecule has 1 aliphatic rings. The van der Waals surface area contributed by atoms with E-state index in [1.165, 1.54) is 0 Å². The number of hydrogen-bond acceptors (Lipinski definition) is 6. The third-order valence-corrected chi connectivity index (χ3v) is 2.89. The lowest BCUT2D eigenvalue weighted by molar-refractivity contribution is -0.0571. The van der Waals surface area contributed by atoms with E-state index in [2.05, 4.69) is 28.9 Å². The summed E-state index contributed by atoms with van der Waals surface area (Å²) in [5, 5.41) is 13.0. The standard InChI is InChI=1S/C12H21N3O3/c1-9(2)5-11-13-12(18-14-11)7-15-3-4-17-10(6-15)8-16/h9-10,16H,3-8H2,1-2H3. The normalized spacial score (nSPS) is 21.7. The molecule has 6 heteroatoms. The molecule has 102 valence electrons. The molecular formula is C12H21N3O3. The van der Waals surface area contributed by atoms with Crippen molar-refractivity contribution >= 4 is 0 Å². The molecule has 1 aromatic heterocycles. The molecule has 1 fully saturated rings. The summed E-state index contributed by atoms with van der Waals surface area (Å²) >= 11 is 0. The SMILES string of the molecule is CC(C)Cc1noc(CN2CCOC(CO)C2)n1. The summed E-state index contributed by atoms with van der Waals surface area (Å²) in [4.78, 5) is 6.54. The number of morpholine rings is 1. The maximum atomic E-state index is 9.08. The monoisotopic (exact) mass is 255 g/mol. The molecule has 0 amide bonds. The van der Waals surface area contributed by atoms with Gasteiger partial charge in [-0.05, 0) is 5.92 Å². The molecule has 0 spiro atoms. The first kappa shape index (κ1) is 13.5. The van der Waals surface area contributed by atoms with Crippen LogP contribution in [0.25, 0.3) is 0 Å². The van der Waals surface area contributed by atoms with Crippen molar-refractivity contribution in [3.05, 3.63) is 11.7 Å². The summed E-state index contributed by atoms with van der Waals surface area (Å²) in [7, 11) is 0. The van der Waals surface area contributed by atoms with Gasteiger partial charge >= 0.3 is 0 Å². The molecule has 6 nitrogen and oxygen atoms in total. The predicted octanol–water partition coefficient (Wildman–Crippen LogP) is 0.461. The van der Waals surface area contributed by atoms with Gasteiger partial charge in [0.15, 0.2) is 5.82 Å². The fourth-order valence-electron chi connectivity index (χ4n) is 2.03. The van der Waals surface area contributed by atoms with Crippen LogP contribution < -0.4 is 0 Å². The van der Waals surface area contributed by atoms with E-state index in [9.17, 15) is 0 Å². The molecule has 1 atom stereocenters. The van der Waals surface area contributed by atoms with E-state index in [4.69, 9.17) is 14.4 Å². The molecule has 18 heavy (non-hydrogen) atoms. The van der Waals surface area contributed by atoms with Gasteiger partial charge in [-0.3, -0.25) is 4.90 Å². The molecule has 2 rings (SSSR count).